The maximum atomic E-state index is 13.1. The van der Waals surface area contributed by atoms with Gasteiger partial charge >= 0.3 is 0 Å². The summed E-state index contributed by atoms with van der Waals surface area (Å²) in [5.74, 6) is -0.267. The lowest BCUT2D eigenvalue weighted by atomic mass is 10.2. The van der Waals surface area contributed by atoms with Crippen LogP contribution in [0.4, 0.5) is 0 Å². The van der Waals surface area contributed by atoms with Crippen molar-refractivity contribution in [3.05, 3.63) is 83.5 Å². The number of thiophene rings is 1. The van der Waals surface area contributed by atoms with Crippen molar-refractivity contribution in [2.75, 3.05) is 0 Å². The second-order valence-electron chi connectivity index (χ2n) is 6.96. The Morgan fingerprint density at radius 1 is 1.03 bits per heavy atom. The highest BCUT2D eigenvalue weighted by molar-refractivity contribution is 7.92. The molecule has 0 saturated carbocycles. The minimum Gasteiger partial charge on any atom is -0.348 e. The first-order valence-corrected chi connectivity index (χ1v) is 11.8. The number of benzene rings is 2. The molecule has 31 heavy (non-hydrogen) atoms. The molecule has 9 heteroatoms. The Hall–Kier alpha value is -3.56. The van der Waals surface area contributed by atoms with Gasteiger partial charge in [-0.3, -0.25) is 9.89 Å². The number of sulfone groups is 1. The van der Waals surface area contributed by atoms with Crippen molar-refractivity contribution in [3.8, 4) is 0 Å². The van der Waals surface area contributed by atoms with Gasteiger partial charge in [0.05, 0.1) is 26.3 Å². The summed E-state index contributed by atoms with van der Waals surface area (Å²) < 4.78 is 27.0. The largest absolute Gasteiger partial charge is 0.348 e. The molecule has 0 radical (unpaired) electrons. The third kappa shape index (κ3) is 3.58. The highest BCUT2D eigenvalue weighted by atomic mass is 32.2. The van der Waals surface area contributed by atoms with E-state index in [2.05, 4.69) is 20.5 Å². The molecule has 7 nitrogen and oxygen atoms in total. The number of hydrogen-bond donors (Lipinski definition) is 2. The Morgan fingerprint density at radius 3 is 2.71 bits per heavy atom. The van der Waals surface area contributed by atoms with E-state index in [4.69, 9.17) is 0 Å². The van der Waals surface area contributed by atoms with E-state index in [0.29, 0.717) is 16.1 Å². The molecule has 0 saturated heterocycles. The van der Waals surface area contributed by atoms with Gasteiger partial charge in [-0.05, 0) is 46.7 Å². The van der Waals surface area contributed by atoms with Gasteiger partial charge in [0.1, 0.15) is 0 Å². The molecule has 5 aromatic rings. The maximum Gasteiger partial charge on any atom is 0.253 e. The fourth-order valence-corrected chi connectivity index (χ4v) is 5.98. The summed E-state index contributed by atoms with van der Waals surface area (Å²) >= 11 is 1.41. The van der Waals surface area contributed by atoms with Crippen LogP contribution in [0, 0.1) is 0 Å². The van der Waals surface area contributed by atoms with Crippen molar-refractivity contribution in [3.63, 3.8) is 0 Å². The molecule has 0 bridgehead atoms. The van der Waals surface area contributed by atoms with Gasteiger partial charge in [0.25, 0.3) is 5.91 Å². The molecule has 1 amide bonds. The summed E-state index contributed by atoms with van der Waals surface area (Å²) in [5.41, 5.74) is 1.84. The zero-order chi connectivity index (χ0) is 21.4. The average molecular weight is 449 g/mol. The SMILES string of the molecule is O=C(NCc1ccc(S(=O)(=O)c2cccc3ccsc23)cc1)c1cnc2[nH]ncc2c1. The number of fused-ring (bicyclic) bond motifs is 2. The smallest absolute Gasteiger partial charge is 0.253 e. The summed E-state index contributed by atoms with van der Waals surface area (Å²) in [6, 6.07) is 15.5. The van der Waals surface area contributed by atoms with E-state index in [1.165, 1.54) is 17.5 Å². The van der Waals surface area contributed by atoms with Crippen LogP contribution < -0.4 is 5.32 Å². The van der Waals surface area contributed by atoms with E-state index in [0.717, 1.165) is 21.0 Å². The number of amides is 1. The molecule has 0 aliphatic heterocycles. The maximum absolute atomic E-state index is 13.1. The molecular formula is C22H16N4O3S2. The predicted octanol–water partition coefficient (Wildman–Crippen LogP) is 3.94. The van der Waals surface area contributed by atoms with E-state index in [-0.39, 0.29) is 17.3 Å². The number of carbonyl (C=O) groups excluding carboxylic acids is 1. The molecular weight excluding hydrogens is 432 g/mol. The molecule has 3 aromatic heterocycles. The molecule has 0 aliphatic rings. The van der Waals surface area contributed by atoms with Gasteiger partial charge < -0.3 is 5.32 Å². The molecule has 0 aliphatic carbocycles. The lowest BCUT2D eigenvalue weighted by Crippen LogP contribution is -2.22. The summed E-state index contributed by atoms with van der Waals surface area (Å²) in [6.07, 6.45) is 3.09. The fraction of sp³-hybridized carbons (Fsp3) is 0.0455. The van der Waals surface area contributed by atoms with Crippen LogP contribution in [0.25, 0.3) is 21.1 Å². The number of nitrogens with zero attached hydrogens (tertiary/aromatic N) is 2. The minimum absolute atomic E-state index is 0.220. The average Bonchev–Trinajstić information content (AvgIpc) is 3.46. The first kappa shape index (κ1) is 19.4. The molecule has 0 atom stereocenters. The first-order valence-electron chi connectivity index (χ1n) is 9.40. The number of aromatic nitrogens is 3. The standard InChI is InChI=1S/C22H16N4O3S2/c27-22(17-10-16-13-25-26-21(16)23-12-17)24-11-14-4-6-18(7-5-14)31(28,29)19-3-1-2-15-8-9-30-20(15)19/h1-10,12-13H,11H2,(H,24,27)(H,23,25,26). The van der Waals surface area contributed by atoms with E-state index < -0.39 is 9.84 Å². The topological polar surface area (TPSA) is 105 Å². The van der Waals surface area contributed by atoms with Crippen molar-refractivity contribution < 1.29 is 13.2 Å². The van der Waals surface area contributed by atoms with E-state index in [9.17, 15) is 13.2 Å². The Labute approximate surface area is 181 Å². The molecule has 2 aromatic carbocycles. The lowest BCUT2D eigenvalue weighted by Gasteiger charge is -2.08. The monoisotopic (exact) mass is 448 g/mol. The number of pyridine rings is 1. The fourth-order valence-electron chi connectivity index (χ4n) is 3.34. The highest BCUT2D eigenvalue weighted by Gasteiger charge is 2.21. The second-order valence-corrected chi connectivity index (χ2v) is 9.79. The lowest BCUT2D eigenvalue weighted by molar-refractivity contribution is 0.0950. The predicted molar refractivity (Wildman–Crippen MR) is 119 cm³/mol. The Balaban J connectivity index is 1.32. The number of hydrogen-bond acceptors (Lipinski definition) is 6. The number of rotatable bonds is 5. The van der Waals surface area contributed by atoms with Crippen LogP contribution >= 0.6 is 11.3 Å². The molecule has 3 heterocycles. The number of nitrogens with one attached hydrogen (secondary N) is 2. The van der Waals surface area contributed by atoms with Gasteiger partial charge in [-0.25, -0.2) is 13.4 Å². The molecule has 0 unspecified atom stereocenters. The van der Waals surface area contributed by atoms with E-state index >= 15 is 0 Å². The summed E-state index contributed by atoms with van der Waals surface area (Å²) in [4.78, 5) is 17.1. The van der Waals surface area contributed by atoms with Gasteiger partial charge in [-0.2, -0.15) is 5.10 Å². The van der Waals surface area contributed by atoms with E-state index in [1.54, 1.807) is 48.7 Å². The third-order valence-electron chi connectivity index (χ3n) is 4.97. The Kier molecular flexibility index (Phi) is 4.76. The summed E-state index contributed by atoms with van der Waals surface area (Å²) in [5, 5.41) is 13.0. The van der Waals surface area contributed by atoms with Gasteiger partial charge in [0, 0.05) is 18.1 Å². The van der Waals surface area contributed by atoms with Crippen molar-refractivity contribution >= 4 is 48.2 Å². The Bertz CT molecular complexity index is 1520. The van der Waals surface area contributed by atoms with Crippen LogP contribution in [-0.2, 0) is 16.4 Å². The van der Waals surface area contributed by atoms with Crippen LogP contribution in [0.2, 0.25) is 0 Å². The first-order chi connectivity index (χ1) is 15.0. The Morgan fingerprint density at radius 2 is 1.87 bits per heavy atom. The molecule has 0 spiro atoms. The van der Waals surface area contributed by atoms with Gasteiger partial charge in [0.2, 0.25) is 9.84 Å². The van der Waals surface area contributed by atoms with Gasteiger partial charge in [-0.15, -0.1) is 11.3 Å². The highest BCUT2D eigenvalue weighted by Crippen LogP contribution is 2.31. The van der Waals surface area contributed by atoms with Crippen molar-refractivity contribution in [2.45, 2.75) is 16.3 Å². The van der Waals surface area contributed by atoms with Crippen molar-refractivity contribution in [1.29, 1.82) is 0 Å². The van der Waals surface area contributed by atoms with Crippen molar-refractivity contribution in [2.24, 2.45) is 0 Å². The van der Waals surface area contributed by atoms with Crippen LogP contribution in [0.1, 0.15) is 15.9 Å². The summed E-state index contributed by atoms with van der Waals surface area (Å²) in [6.45, 7) is 0.267. The molecule has 2 N–H and O–H groups in total. The van der Waals surface area contributed by atoms with Crippen LogP contribution in [0.3, 0.4) is 0 Å². The van der Waals surface area contributed by atoms with Crippen LogP contribution in [0.15, 0.2) is 82.2 Å². The minimum atomic E-state index is -3.64. The van der Waals surface area contributed by atoms with Crippen LogP contribution in [0.5, 0.6) is 0 Å². The normalized spacial score (nSPS) is 11.7. The quantitative estimate of drug-likeness (QED) is 0.424. The second kappa shape index (κ2) is 7.60. The van der Waals surface area contributed by atoms with E-state index in [1.807, 2.05) is 17.5 Å². The third-order valence-corrected chi connectivity index (χ3v) is 7.88. The van der Waals surface area contributed by atoms with Crippen LogP contribution in [-0.4, -0.2) is 29.5 Å². The zero-order valence-corrected chi connectivity index (χ0v) is 17.7. The molecule has 0 fully saturated rings. The molecule has 154 valence electrons. The zero-order valence-electron chi connectivity index (χ0n) is 16.1. The van der Waals surface area contributed by atoms with Gasteiger partial charge in [-0.1, -0.05) is 24.3 Å². The number of aromatic amines is 1. The molecule has 5 rings (SSSR count). The van der Waals surface area contributed by atoms with Gasteiger partial charge in [0.15, 0.2) is 5.65 Å². The summed E-state index contributed by atoms with van der Waals surface area (Å²) in [7, 11) is -3.64. The number of H-pyrrole nitrogens is 1. The number of carbonyl (C=O) groups is 1. The van der Waals surface area contributed by atoms with Crippen molar-refractivity contribution in [1.82, 2.24) is 20.5 Å².